The van der Waals surface area contributed by atoms with Crippen LogP contribution in [0.1, 0.15) is 22.8 Å². The molecule has 0 aliphatic rings. The lowest BCUT2D eigenvalue weighted by molar-refractivity contribution is 0.102. The van der Waals surface area contributed by atoms with E-state index in [0.29, 0.717) is 17.9 Å². The number of anilines is 1. The van der Waals surface area contributed by atoms with E-state index in [9.17, 15) is 4.79 Å². The van der Waals surface area contributed by atoms with E-state index in [0.717, 1.165) is 27.5 Å². The summed E-state index contributed by atoms with van der Waals surface area (Å²) in [4.78, 5) is 17.3. The van der Waals surface area contributed by atoms with Crippen LogP contribution in [0.15, 0.2) is 54.6 Å². The standard InChI is InChI=1S/C20H18N4O/c1-3-24-19-16(12-14-8-4-5-10-17(14)21-19)18(23-24)22-20(25)15-9-6-7-13(2)11-15/h4-12H,3H2,1-2H3,(H,22,23,25). The van der Waals surface area contributed by atoms with Gasteiger partial charge in [-0.05, 0) is 38.1 Å². The molecule has 0 radical (unpaired) electrons. The van der Waals surface area contributed by atoms with E-state index >= 15 is 0 Å². The van der Waals surface area contributed by atoms with Gasteiger partial charge in [0.15, 0.2) is 11.5 Å². The zero-order valence-corrected chi connectivity index (χ0v) is 14.2. The average molecular weight is 330 g/mol. The number of aryl methyl sites for hydroxylation is 2. The predicted octanol–water partition coefficient (Wildman–Crippen LogP) is 4.17. The number of carbonyl (C=O) groups is 1. The van der Waals surface area contributed by atoms with Crippen LogP contribution in [0, 0.1) is 6.92 Å². The summed E-state index contributed by atoms with van der Waals surface area (Å²) in [6, 6.07) is 17.5. The fourth-order valence-corrected chi connectivity index (χ4v) is 2.98. The smallest absolute Gasteiger partial charge is 0.256 e. The lowest BCUT2D eigenvalue weighted by Gasteiger charge is -2.04. The minimum atomic E-state index is -0.167. The summed E-state index contributed by atoms with van der Waals surface area (Å²) in [7, 11) is 0. The van der Waals surface area contributed by atoms with Gasteiger partial charge in [0.25, 0.3) is 5.91 Å². The molecule has 4 rings (SSSR count). The summed E-state index contributed by atoms with van der Waals surface area (Å²) in [6.07, 6.45) is 0. The zero-order valence-electron chi connectivity index (χ0n) is 14.2. The molecule has 4 aromatic rings. The predicted molar refractivity (Wildman–Crippen MR) is 99.8 cm³/mol. The molecule has 0 fully saturated rings. The number of hydrogen-bond acceptors (Lipinski definition) is 3. The number of fused-ring (bicyclic) bond motifs is 2. The van der Waals surface area contributed by atoms with Crippen LogP contribution in [0.3, 0.4) is 0 Å². The Kier molecular flexibility index (Phi) is 3.69. The van der Waals surface area contributed by atoms with Crippen LogP contribution in [0.4, 0.5) is 5.82 Å². The highest BCUT2D eigenvalue weighted by Gasteiger charge is 2.15. The Balaban J connectivity index is 1.81. The quantitative estimate of drug-likeness (QED) is 0.613. The first kappa shape index (κ1) is 15.3. The van der Waals surface area contributed by atoms with Gasteiger partial charge in [-0.3, -0.25) is 4.79 Å². The summed E-state index contributed by atoms with van der Waals surface area (Å²) in [5.41, 5.74) is 3.36. The van der Waals surface area contributed by atoms with E-state index in [-0.39, 0.29) is 5.91 Å². The molecule has 2 aromatic heterocycles. The number of rotatable bonds is 3. The summed E-state index contributed by atoms with van der Waals surface area (Å²) in [6.45, 7) is 4.66. The SMILES string of the molecule is CCn1nc(NC(=O)c2cccc(C)c2)c2cc3ccccc3nc21. The molecule has 5 heteroatoms. The van der Waals surface area contributed by atoms with Gasteiger partial charge < -0.3 is 5.32 Å². The van der Waals surface area contributed by atoms with Gasteiger partial charge in [0.2, 0.25) is 0 Å². The average Bonchev–Trinajstić information content (AvgIpc) is 2.96. The summed E-state index contributed by atoms with van der Waals surface area (Å²) in [5, 5.41) is 9.35. The van der Waals surface area contributed by atoms with Crippen molar-refractivity contribution in [2.24, 2.45) is 0 Å². The van der Waals surface area contributed by atoms with Crippen molar-refractivity contribution in [1.29, 1.82) is 0 Å². The fourth-order valence-electron chi connectivity index (χ4n) is 2.98. The van der Waals surface area contributed by atoms with E-state index in [2.05, 4.69) is 10.4 Å². The zero-order chi connectivity index (χ0) is 17.4. The number of aromatic nitrogens is 3. The van der Waals surface area contributed by atoms with Gasteiger partial charge in [0.1, 0.15) is 0 Å². The molecule has 0 unspecified atom stereocenters. The highest BCUT2D eigenvalue weighted by molar-refractivity contribution is 6.08. The second-order valence-electron chi connectivity index (χ2n) is 6.04. The molecule has 0 bridgehead atoms. The lowest BCUT2D eigenvalue weighted by Crippen LogP contribution is -2.13. The number of nitrogens with one attached hydrogen (secondary N) is 1. The number of carbonyl (C=O) groups excluding carboxylic acids is 1. The van der Waals surface area contributed by atoms with E-state index < -0.39 is 0 Å². The normalized spacial score (nSPS) is 11.1. The second kappa shape index (κ2) is 6.02. The van der Waals surface area contributed by atoms with Crippen molar-refractivity contribution >= 4 is 33.7 Å². The van der Waals surface area contributed by atoms with Crippen LogP contribution in [-0.2, 0) is 6.54 Å². The van der Waals surface area contributed by atoms with Crippen LogP contribution in [0.2, 0.25) is 0 Å². The lowest BCUT2D eigenvalue weighted by atomic mass is 10.1. The van der Waals surface area contributed by atoms with E-state index in [1.54, 1.807) is 6.07 Å². The molecule has 25 heavy (non-hydrogen) atoms. The highest BCUT2D eigenvalue weighted by Crippen LogP contribution is 2.26. The first-order chi connectivity index (χ1) is 12.2. The molecular weight excluding hydrogens is 312 g/mol. The van der Waals surface area contributed by atoms with Gasteiger partial charge in [0.05, 0.1) is 10.9 Å². The van der Waals surface area contributed by atoms with Gasteiger partial charge in [-0.25, -0.2) is 9.67 Å². The Morgan fingerprint density at radius 2 is 1.96 bits per heavy atom. The van der Waals surface area contributed by atoms with Crippen molar-refractivity contribution in [3.05, 3.63) is 65.7 Å². The second-order valence-corrected chi connectivity index (χ2v) is 6.04. The molecule has 2 aromatic carbocycles. The topological polar surface area (TPSA) is 59.8 Å². The van der Waals surface area contributed by atoms with Crippen molar-refractivity contribution in [1.82, 2.24) is 14.8 Å². The van der Waals surface area contributed by atoms with Gasteiger partial charge in [0, 0.05) is 17.5 Å². The summed E-state index contributed by atoms with van der Waals surface area (Å²) in [5.74, 6) is 0.376. The van der Waals surface area contributed by atoms with Crippen molar-refractivity contribution in [2.75, 3.05) is 5.32 Å². The van der Waals surface area contributed by atoms with Gasteiger partial charge in [-0.15, -0.1) is 0 Å². The van der Waals surface area contributed by atoms with Crippen molar-refractivity contribution in [3.8, 4) is 0 Å². The van der Waals surface area contributed by atoms with Crippen molar-refractivity contribution in [2.45, 2.75) is 20.4 Å². The summed E-state index contributed by atoms with van der Waals surface area (Å²) < 4.78 is 1.81. The minimum absolute atomic E-state index is 0.167. The molecule has 124 valence electrons. The summed E-state index contributed by atoms with van der Waals surface area (Å²) >= 11 is 0. The number of amides is 1. The van der Waals surface area contributed by atoms with E-state index in [1.165, 1.54) is 0 Å². The molecule has 0 atom stereocenters. The maximum atomic E-state index is 12.6. The Morgan fingerprint density at radius 3 is 2.76 bits per heavy atom. The number of para-hydroxylation sites is 1. The number of pyridine rings is 1. The minimum Gasteiger partial charge on any atom is -0.305 e. The third-order valence-electron chi connectivity index (χ3n) is 4.24. The Morgan fingerprint density at radius 1 is 1.12 bits per heavy atom. The third kappa shape index (κ3) is 2.74. The van der Waals surface area contributed by atoms with Gasteiger partial charge in [-0.1, -0.05) is 35.9 Å². The monoisotopic (exact) mass is 330 g/mol. The molecular formula is C20H18N4O. The van der Waals surface area contributed by atoms with E-state index in [1.807, 2.05) is 67.1 Å². The number of hydrogen-bond donors (Lipinski definition) is 1. The number of benzene rings is 2. The fraction of sp³-hybridized carbons (Fsp3) is 0.150. The first-order valence-corrected chi connectivity index (χ1v) is 8.30. The van der Waals surface area contributed by atoms with Crippen LogP contribution < -0.4 is 5.32 Å². The van der Waals surface area contributed by atoms with Crippen LogP contribution >= 0.6 is 0 Å². The van der Waals surface area contributed by atoms with Crippen LogP contribution in [0.25, 0.3) is 21.9 Å². The highest BCUT2D eigenvalue weighted by atomic mass is 16.1. The first-order valence-electron chi connectivity index (χ1n) is 8.30. The molecule has 1 amide bonds. The molecule has 0 saturated heterocycles. The maximum absolute atomic E-state index is 12.6. The van der Waals surface area contributed by atoms with Crippen LogP contribution in [0.5, 0.6) is 0 Å². The van der Waals surface area contributed by atoms with Crippen molar-refractivity contribution < 1.29 is 4.79 Å². The molecule has 0 aliphatic carbocycles. The molecule has 5 nitrogen and oxygen atoms in total. The van der Waals surface area contributed by atoms with Crippen LogP contribution in [-0.4, -0.2) is 20.7 Å². The number of nitrogens with zero attached hydrogens (tertiary/aromatic N) is 3. The van der Waals surface area contributed by atoms with Gasteiger partial charge in [-0.2, -0.15) is 5.10 Å². The maximum Gasteiger partial charge on any atom is 0.256 e. The molecule has 1 N–H and O–H groups in total. The molecule has 2 heterocycles. The Bertz CT molecular complexity index is 1100. The third-order valence-corrected chi connectivity index (χ3v) is 4.24. The molecule has 0 aliphatic heterocycles. The van der Waals surface area contributed by atoms with E-state index in [4.69, 9.17) is 4.98 Å². The molecule has 0 spiro atoms. The molecule has 0 saturated carbocycles. The van der Waals surface area contributed by atoms with Crippen molar-refractivity contribution in [3.63, 3.8) is 0 Å². The van der Waals surface area contributed by atoms with Gasteiger partial charge >= 0.3 is 0 Å². The Hall–Kier alpha value is -3.21. The Labute approximate surface area is 145 Å². The largest absolute Gasteiger partial charge is 0.305 e.